The highest BCUT2D eigenvalue weighted by atomic mass is 16.4. The molecule has 1 rings (SSSR count). The second kappa shape index (κ2) is 6.18. The summed E-state index contributed by atoms with van der Waals surface area (Å²) in [6, 6.07) is 0.532. The summed E-state index contributed by atoms with van der Waals surface area (Å²) < 4.78 is 0. The Labute approximate surface area is 96.4 Å². The van der Waals surface area contributed by atoms with Crippen molar-refractivity contribution in [3.05, 3.63) is 0 Å². The van der Waals surface area contributed by atoms with Gasteiger partial charge < -0.3 is 15.5 Å². The van der Waals surface area contributed by atoms with Gasteiger partial charge >= 0.3 is 5.97 Å². The average molecular weight is 230 g/mol. The van der Waals surface area contributed by atoms with Gasteiger partial charge in [-0.25, -0.2) is 0 Å². The molecule has 1 aliphatic heterocycles. The van der Waals surface area contributed by atoms with Gasteiger partial charge in [0.05, 0.1) is 12.5 Å². The van der Waals surface area contributed by atoms with E-state index >= 15 is 0 Å². The summed E-state index contributed by atoms with van der Waals surface area (Å²) >= 11 is 0. The number of rotatable bonds is 5. The Morgan fingerprint density at radius 1 is 1.50 bits per heavy atom. The predicted octanol–water partition coefficient (Wildman–Crippen LogP) is -0.248. The number of likely N-dealkylation sites (tertiary alicyclic amines) is 1. The van der Waals surface area contributed by atoms with Crippen molar-refractivity contribution in [1.29, 1.82) is 0 Å². The molecule has 0 amide bonds. The van der Waals surface area contributed by atoms with Gasteiger partial charge in [0.2, 0.25) is 0 Å². The van der Waals surface area contributed by atoms with Crippen LogP contribution >= 0.6 is 0 Å². The minimum Gasteiger partial charge on any atom is -0.481 e. The molecular formula is C11H22N2O3. The van der Waals surface area contributed by atoms with Crippen LogP contribution in [0.3, 0.4) is 0 Å². The van der Waals surface area contributed by atoms with Crippen molar-refractivity contribution in [3.63, 3.8) is 0 Å². The summed E-state index contributed by atoms with van der Waals surface area (Å²) in [6.45, 7) is 6.27. The third-order valence-electron chi connectivity index (χ3n) is 3.10. The molecule has 3 N–H and O–H groups in total. The monoisotopic (exact) mass is 230 g/mol. The lowest BCUT2D eigenvalue weighted by molar-refractivity contribution is -0.144. The van der Waals surface area contributed by atoms with Crippen molar-refractivity contribution in [1.82, 2.24) is 10.2 Å². The van der Waals surface area contributed by atoms with Crippen molar-refractivity contribution in [2.45, 2.75) is 32.4 Å². The van der Waals surface area contributed by atoms with E-state index in [0.29, 0.717) is 25.6 Å². The summed E-state index contributed by atoms with van der Waals surface area (Å²) in [5.41, 5.74) is 0. The van der Waals surface area contributed by atoms with Crippen LogP contribution in [0.5, 0.6) is 0 Å². The molecule has 1 saturated heterocycles. The van der Waals surface area contributed by atoms with Gasteiger partial charge in [0.15, 0.2) is 0 Å². The number of hydrogen-bond acceptors (Lipinski definition) is 4. The zero-order chi connectivity index (χ0) is 12.1. The molecule has 0 spiro atoms. The maximum Gasteiger partial charge on any atom is 0.307 e. The number of aliphatic hydroxyl groups excluding tert-OH is 1. The van der Waals surface area contributed by atoms with E-state index in [1.807, 2.05) is 0 Å². The number of carbonyl (C=O) groups is 1. The van der Waals surface area contributed by atoms with Gasteiger partial charge in [-0.2, -0.15) is 0 Å². The third kappa shape index (κ3) is 3.73. The number of nitrogens with one attached hydrogen (secondary N) is 1. The summed E-state index contributed by atoms with van der Waals surface area (Å²) in [7, 11) is 0. The van der Waals surface area contributed by atoms with Crippen molar-refractivity contribution >= 4 is 5.97 Å². The number of aliphatic carboxylic acids is 1. The number of carboxylic acids is 1. The molecular weight excluding hydrogens is 208 g/mol. The molecule has 0 radical (unpaired) electrons. The van der Waals surface area contributed by atoms with Crippen LogP contribution in [-0.4, -0.2) is 59.4 Å². The molecule has 2 unspecified atom stereocenters. The van der Waals surface area contributed by atoms with E-state index in [2.05, 4.69) is 24.1 Å². The van der Waals surface area contributed by atoms with E-state index < -0.39 is 5.97 Å². The first kappa shape index (κ1) is 13.4. The average Bonchev–Trinajstić information content (AvgIpc) is 2.25. The molecule has 16 heavy (non-hydrogen) atoms. The van der Waals surface area contributed by atoms with Crippen molar-refractivity contribution < 1.29 is 15.0 Å². The van der Waals surface area contributed by atoms with Crippen LogP contribution < -0.4 is 5.32 Å². The first-order chi connectivity index (χ1) is 7.54. The molecule has 5 nitrogen and oxygen atoms in total. The zero-order valence-electron chi connectivity index (χ0n) is 10.0. The number of carboxylic acid groups (broad SMARTS) is 1. The van der Waals surface area contributed by atoms with Crippen LogP contribution in [0.4, 0.5) is 0 Å². The largest absolute Gasteiger partial charge is 0.481 e. The zero-order valence-corrected chi connectivity index (χ0v) is 10.0. The summed E-state index contributed by atoms with van der Waals surface area (Å²) in [5.74, 6) is -1.02. The molecule has 5 heteroatoms. The standard InChI is InChI=1S/C11H22N2O3/c1-8(2)13-6-9(11(15)16)5-10(7-13)12-3-4-14/h8-10,12,14H,3-7H2,1-2H3,(H,15,16). The fourth-order valence-electron chi connectivity index (χ4n) is 2.15. The molecule has 2 atom stereocenters. The smallest absolute Gasteiger partial charge is 0.307 e. The van der Waals surface area contributed by atoms with Gasteiger partial charge in [0.1, 0.15) is 0 Å². The number of hydrogen-bond donors (Lipinski definition) is 3. The predicted molar refractivity (Wildman–Crippen MR) is 61.3 cm³/mol. The maximum atomic E-state index is 11.0. The van der Waals surface area contributed by atoms with E-state index in [1.54, 1.807) is 0 Å². The molecule has 1 aliphatic rings. The second-order valence-electron chi connectivity index (χ2n) is 4.69. The molecule has 0 bridgehead atoms. The van der Waals surface area contributed by atoms with Crippen LogP contribution in [0.15, 0.2) is 0 Å². The Hall–Kier alpha value is -0.650. The van der Waals surface area contributed by atoms with E-state index in [4.69, 9.17) is 10.2 Å². The van der Waals surface area contributed by atoms with Gasteiger partial charge in [-0.05, 0) is 20.3 Å². The Kier molecular flexibility index (Phi) is 5.18. The molecule has 0 aromatic rings. The third-order valence-corrected chi connectivity index (χ3v) is 3.10. The summed E-state index contributed by atoms with van der Waals surface area (Å²) in [5, 5.41) is 21.0. The lowest BCUT2D eigenvalue weighted by atomic mass is 9.93. The number of nitrogens with zero attached hydrogens (tertiary/aromatic N) is 1. The minimum absolute atomic E-state index is 0.0932. The van der Waals surface area contributed by atoms with Crippen LogP contribution in [-0.2, 0) is 4.79 Å². The maximum absolute atomic E-state index is 11.0. The second-order valence-corrected chi connectivity index (χ2v) is 4.69. The van der Waals surface area contributed by atoms with Gasteiger partial charge in [0, 0.05) is 31.7 Å². The molecule has 1 fully saturated rings. The Morgan fingerprint density at radius 3 is 2.69 bits per heavy atom. The fraction of sp³-hybridized carbons (Fsp3) is 0.909. The molecule has 0 aliphatic carbocycles. The molecule has 1 heterocycles. The number of piperidine rings is 1. The lowest BCUT2D eigenvalue weighted by Gasteiger charge is -2.38. The molecule has 0 saturated carbocycles. The Bertz CT molecular complexity index is 233. The van der Waals surface area contributed by atoms with Crippen LogP contribution in [0.25, 0.3) is 0 Å². The Morgan fingerprint density at radius 2 is 2.19 bits per heavy atom. The van der Waals surface area contributed by atoms with Crippen LogP contribution in [0, 0.1) is 5.92 Å². The molecule has 94 valence electrons. The summed E-state index contributed by atoms with van der Waals surface area (Å²) in [6.07, 6.45) is 0.651. The highest BCUT2D eigenvalue weighted by molar-refractivity contribution is 5.70. The quantitative estimate of drug-likeness (QED) is 0.607. The number of aliphatic hydroxyl groups is 1. The van der Waals surface area contributed by atoms with Crippen molar-refractivity contribution in [2.75, 3.05) is 26.2 Å². The van der Waals surface area contributed by atoms with Gasteiger partial charge in [-0.1, -0.05) is 0 Å². The van der Waals surface area contributed by atoms with E-state index in [-0.39, 0.29) is 18.6 Å². The molecule has 0 aromatic carbocycles. The van der Waals surface area contributed by atoms with E-state index in [9.17, 15) is 4.79 Å². The first-order valence-corrected chi connectivity index (χ1v) is 5.85. The molecule has 0 aromatic heterocycles. The topological polar surface area (TPSA) is 72.8 Å². The SMILES string of the molecule is CC(C)N1CC(NCCO)CC(C(=O)O)C1. The summed E-state index contributed by atoms with van der Waals surface area (Å²) in [4.78, 5) is 13.2. The van der Waals surface area contributed by atoms with Crippen molar-refractivity contribution in [3.8, 4) is 0 Å². The van der Waals surface area contributed by atoms with Gasteiger partial charge in [-0.15, -0.1) is 0 Å². The van der Waals surface area contributed by atoms with Crippen molar-refractivity contribution in [2.24, 2.45) is 5.92 Å². The fourth-order valence-corrected chi connectivity index (χ4v) is 2.15. The van der Waals surface area contributed by atoms with Crippen LogP contribution in [0.1, 0.15) is 20.3 Å². The lowest BCUT2D eigenvalue weighted by Crippen LogP contribution is -2.53. The highest BCUT2D eigenvalue weighted by Crippen LogP contribution is 2.19. The Balaban J connectivity index is 2.55. The normalized spacial score (nSPS) is 27.2. The first-order valence-electron chi connectivity index (χ1n) is 5.85. The highest BCUT2D eigenvalue weighted by Gasteiger charge is 2.32. The van der Waals surface area contributed by atoms with Gasteiger partial charge in [-0.3, -0.25) is 9.69 Å². The van der Waals surface area contributed by atoms with Gasteiger partial charge in [0.25, 0.3) is 0 Å². The van der Waals surface area contributed by atoms with E-state index in [1.165, 1.54) is 0 Å². The minimum atomic E-state index is -0.721. The van der Waals surface area contributed by atoms with Crippen LogP contribution in [0.2, 0.25) is 0 Å². The van der Waals surface area contributed by atoms with E-state index in [0.717, 1.165) is 6.54 Å².